The molecule has 4 rings (SSSR count). The van der Waals surface area contributed by atoms with Gasteiger partial charge in [0.05, 0.1) is 18.0 Å². The fraction of sp³-hybridized carbons (Fsp3) is 0.333. The molecular weight excluding hydrogens is 491 g/mol. The zero-order chi connectivity index (χ0) is 24.9. The number of hydrazine groups is 1. The third-order valence-corrected chi connectivity index (χ3v) is 6.10. The van der Waals surface area contributed by atoms with Crippen molar-refractivity contribution in [2.24, 2.45) is 5.16 Å². The number of nitrogens with one attached hydrogen (secondary N) is 1. The molecular formula is C21H16F7N3O2S. The van der Waals surface area contributed by atoms with Crippen molar-refractivity contribution in [3.63, 3.8) is 0 Å². The molecule has 0 aromatic heterocycles. The molecule has 13 heteroatoms. The lowest BCUT2D eigenvalue weighted by Gasteiger charge is -2.45. The molecule has 2 aliphatic rings. The van der Waals surface area contributed by atoms with Crippen molar-refractivity contribution in [3.05, 3.63) is 70.5 Å². The number of benzene rings is 2. The van der Waals surface area contributed by atoms with Crippen LogP contribution in [0.4, 0.5) is 30.7 Å². The van der Waals surface area contributed by atoms with Crippen molar-refractivity contribution in [2.45, 2.75) is 24.0 Å². The van der Waals surface area contributed by atoms with Gasteiger partial charge < -0.3 is 4.84 Å². The topological polar surface area (TPSA) is 53.9 Å². The van der Waals surface area contributed by atoms with Gasteiger partial charge >= 0.3 is 6.18 Å². The number of oxime groups is 1. The Labute approximate surface area is 192 Å². The molecule has 182 valence electrons. The van der Waals surface area contributed by atoms with E-state index in [1.165, 1.54) is 36.0 Å². The van der Waals surface area contributed by atoms with Crippen molar-refractivity contribution in [3.8, 4) is 0 Å². The molecule has 2 aliphatic heterocycles. The molecule has 1 saturated heterocycles. The second-order valence-corrected chi connectivity index (χ2v) is 8.65. The largest absolute Gasteiger partial charge is 0.435 e. The second kappa shape index (κ2) is 8.45. The molecule has 5 nitrogen and oxygen atoms in total. The Bertz CT molecular complexity index is 1130. The average molecular weight is 507 g/mol. The molecule has 0 spiro atoms. The maximum Gasteiger partial charge on any atom is 0.435 e. The van der Waals surface area contributed by atoms with Crippen LogP contribution in [-0.2, 0) is 21.0 Å². The van der Waals surface area contributed by atoms with E-state index in [1.54, 1.807) is 6.26 Å². The van der Waals surface area contributed by atoms with Gasteiger partial charge in [-0.2, -0.15) is 30.4 Å². The van der Waals surface area contributed by atoms with Crippen molar-refractivity contribution in [1.82, 2.24) is 10.4 Å². The quantitative estimate of drug-likeness (QED) is 0.368. The van der Waals surface area contributed by atoms with Gasteiger partial charge in [-0.05, 0) is 24.0 Å². The number of carbonyl (C=O) groups excluding carboxylic acids is 1. The van der Waals surface area contributed by atoms with E-state index in [0.29, 0.717) is 0 Å². The first-order valence-electron chi connectivity index (χ1n) is 9.74. The Balaban J connectivity index is 1.55. The van der Waals surface area contributed by atoms with Gasteiger partial charge in [0.2, 0.25) is 11.7 Å². The average Bonchev–Trinajstić information content (AvgIpc) is 3.22. The molecule has 2 atom stereocenters. The lowest BCUT2D eigenvalue weighted by molar-refractivity contribution is -0.276. The Morgan fingerprint density at radius 1 is 1.15 bits per heavy atom. The first-order valence-corrected chi connectivity index (χ1v) is 11.1. The number of hydrogen-bond donors (Lipinski definition) is 1. The summed E-state index contributed by atoms with van der Waals surface area (Å²) in [7, 11) is 0. The van der Waals surface area contributed by atoms with Gasteiger partial charge in [-0.1, -0.05) is 29.4 Å². The minimum atomic E-state index is -5.15. The summed E-state index contributed by atoms with van der Waals surface area (Å²) in [6.07, 6.45) is -4.37. The van der Waals surface area contributed by atoms with Crippen LogP contribution in [0.1, 0.15) is 23.1 Å². The number of alkyl halides is 4. The molecule has 34 heavy (non-hydrogen) atoms. The highest BCUT2D eigenvalue weighted by atomic mass is 32.2. The number of rotatable bonds is 5. The normalized spacial score (nSPS) is 24.5. The van der Waals surface area contributed by atoms with E-state index in [4.69, 9.17) is 0 Å². The maximum atomic E-state index is 15.0. The van der Waals surface area contributed by atoms with Gasteiger partial charge in [-0.15, -0.1) is 0 Å². The molecule has 2 aromatic carbocycles. The van der Waals surface area contributed by atoms with Crippen LogP contribution in [0.5, 0.6) is 0 Å². The Morgan fingerprint density at radius 2 is 1.74 bits per heavy atom. The monoisotopic (exact) mass is 507 g/mol. The zero-order valence-corrected chi connectivity index (χ0v) is 18.2. The summed E-state index contributed by atoms with van der Waals surface area (Å²) in [6, 6.07) is 5.67. The Morgan fingerprint density at radius 3 is 2.26 bits per heavy atom. The predicted molar refractivity (Wildman–Crippen MR) is 109 cm³/mol. The Hall–Kier alpha value is -2.80. The maximum absolute atomic E-state index is 15.0. The lowest BCUT2D eigenvalue weighted by Crippen LogP contribution is -2.69. The smallest absolute Gasteiger partial charge is 0.374 e. The number of thioether (sulfide) groups is 1. The van der Waals surface area contributed by atoms with Gasteiger partial charge in [0.25, 0.3) is 5.60 Å². The number of carbonyl (C=O) groups is 1. The highest BCUT2D eigenvalue weighted by molar-refractivity contribution is 7.99. The fourth-order valence-electron chi connectivity index (χ4n) is 3.70. The summed E-state index contributed by atoms with van der Waals surface area (Å²) in [6.45, 7) is -0.241. The van der Waals surface area contributed by atoms with Crippen LogP contribution in [0.2, 0.25) is 0 Å². The van der Waals surface area contributed by atoms with E-state index < -0.39 is 47.0 Å². The molecule has 1 N–H and O–H groups in total. The van der Waals surface area contributed by atoms with Gasteiger partial charge in [-0.25, -0.2) is 17.6 Å². The van der Waals surface area contributed by atoms with E-state index in [2.05, 4.69) is 15.4 Å². The van der Waals surface area contributed by atoms with E-state index in [9.17, 15) is 35.5 Å². The molecule has 0 bridgehead atoms. The van der Waals surface area contributed by atoms with Gasteiger partial charge in [0.15, 0.2) is 17.5 Å². The van der Waals surface area contributed by atoms with Crippen molar-refractivity contribution >= 4 is 23.4 Å². The zero-order valence-electron chi connectivity index (χ0n) is 17.4. The number of halogens is 7. The summed E-state index contributed by atoms with van der Waals surface area (Å²) in [5.74, 6) is -7.66. The van der Waals surface area contributed by atoms with Gasteiger partial charge in [0, 0.05) is 17.5 Å². The summed E-state index contributed by atoms with van der Waals surface area (Å²) < 4.78 is 97.4. The third kappa shape index (κ3) is 4.00. The first-order chi connectivity index (χ1) is 15.9. The molecule has 2 heterocycles. The number of hydrogen-bond acceptors (Lipinski definition) is 5. The minimum absolute atomic E-state index is 0.133. The van der Waals surface area contributed by atoms with Crippen molar-refractivity contribution in [1.29, 1.82) is 0 Å². The Kier molecular flexibility index (Phi) is 6.05. The predicted octanol–water partition coefficient (Wildman–Crippen LogP) is 4.52. The van der Waals surface area contributed by atoms with Gasteiger partial charge in [-0.3, -0.25) is 9.80 Å². The van der Waals surface area contributed by atoms with Crippen LogP contribution in [0.25, 0.3) is 0 Å². The van der Waals surface area contributed by atoms with Crippen LogP contribution < -0.4 is 5.43 Å². The molecule has 1 fully saturated rings. The third-order valence-electron chi connectivity index (χ3n) is 5.57. The van der Waals surface area contributed by atoms with E-state index in [1.807, 2.05) is 0 Å². The molecule has 1 amide bonds. The first kappa shape index (κ1) is 24.3. The van der Waals surface area contributed by atoms with E-state index in [0.717, 1.165) is 5.01 Å². The van der Waals surface area contributed by atoms with E-state index >= 15 is 0 Å². The molecule has 0 saturated carbocycles. The molecule has 2 unspecified atom stereocenters. The van der Waals surface area contributed by atoms with Crippen LogP contribution in [0.15, 0.2) is 41.6 Å². The SMILES string of the molecule is CSCC(=O)N1CC(F)(c2ccc(C3=NOC(c4cc(F)c(F)c(F)c4)(C(F)(F)F)C3)cc2)N1. The molecule has 0 aliphatic carbocycles. The van der Waals surface area contributed by atoms with Crippen LogP contribution in [-0.4, -0.2) is 41.4 Å². The fourth-order valence-corrected chi connectivity index (χ4v) is 4.10. The van der Waals surface area contributed by atoms with Crippen molar-refractivity contribution < 1.29 is 40.4 Å². The highest BCUT2D eigenvalue weighted by Crippen LogP contribution is 2.49. The summed E-state index contributed by atoms with van der Waals surface area (Å²) in [4.78, 5) is 16.5. The van der Waals surface area contributed by atoms with Gasteiger partial charge in [0.1, 0.15) is 0 Å². The molecule has 2 aromatic rings. The number of amides is 1. The standard InChI is InChI=1S/C21H16F7N3O2S/c1-34-9-17(32)31-10-20(25,30-31)12-4-2-11(3-5-12)16-8-19(33-29-16,21(26,27)28)13-6-14(22)18(24)15(23)7-13/h2-7,30H,8-10H2,1H3. The highest BCUT2D eigenvalue weighted by Gasteiger charge is 2.62. The number of nitrogens with zero attached hydrogens (tertiary/aromatic N) is 2. The van der Waals surface area contributed by atoms with E-state index in [-0.39, 0.29) is 47.2 Å². The van der Waals surface area contributed by atoms with Crippen LogP contribution in [0.3, 0.4) is 0 Å². The lowest BCUT2D eigenvalue weighted by atomic mass is 9.86. The summed E-state index contributed by atoms with van der Waals surface area (Å²) in [5.41, 5.74) is -1.73. The van der Waals surface area contributed by atoms with Crippen LogP contribution in [0, 0.1) is 17.5 Å². The minimum Gasteiger partial charge on any atom is -0.374 e. The summed E-state index contributed by atoms with van der Waals surface area (Å²) in [5, 5.41) is 4.58. The van der Waals surface area contributed by atoms with Crippen LogP contribution >= 0.6 is 11.8 Å². The second-order valence-electron chi connectivity index (χ2n) is 7.79. The molecule has 0 radical (unpaired) electrons. The summed E-state index contributed by atoms with van der Waals surface area (Å²) >= 11 is 1.28. The van der Waals surface area contributed by atoms with Crippen molar-refractivity contribution in [2.75, 3.05) is 18.6 Å².